The Kier molecular flexibility index (Phi) is 2.39. The van der Waals surface area contributed by atoms with Gasteiger partial charge in [0.15, 0.2) is 5.76 Å². The van der Waals surface area contributed by atoms with Gasteiger partial charge in [-0.3, -0.25) is 4.79 Å². The van der Waals surface area contributed by atoms with E-state index in [-0.39, 0.29) is 5.78 Å². The van der Waals surface area contributed by atoms with Crippen molar-refractivity contribution in [2.24, 2.45) is 0 Å². The standard InChI is InChI=1S/C11H13NO2/c1-12-6-2-4-9(12)8-10(13)11-5-3-7-14-11/h3,5,7-8H,2,4,6H2,1H3/b9-8+. The normalized spacial score (nSPS) is 19.2. The van der Waals surface area contributed by atoms with E-state index in [1.165, 1.54) is 6.26 Å². The molecule has 14 heavy (non-hydrogen) atoms. The molecule has 0 N–H and O–H groups in total. The number of allylic oxidation sites excluding steroid dienone is 2. The monoisotopic (exact) mass is 191 g/mol. The van der Waals surface area contributed by atoms with Gasteiger partial charge >= 0.3 is 0 Å². The summed E-state index contributed by atoms with van der Waals surface area (Å²) in [6, 6.07) is 3.42. The van der Waals surface area contributed by atoms with Gasteiger partial charge in [-0.2, -0.15) is 0 Å². The molecule has 74 valence electrons. The molecule has 1 aliphatic heterocycles. The largest absolute Gasteiger partial charge is 0.461 e. The molecule has 1 saturated heterocycles. The number of ketones is 1. The van der Waals surface area contributed by atoms with Gasteiger partial charge in [0.05, 0.1) is 6.26 Å². The van der Waals surface area contributed by atoms with Crippen LogP contribution in [0.25, 0.3) is 0 Å². The van der Waals surface area contributed by atoms with Crippen molar-refractivity contribution in [2.45, 2.75) is 12.8 Å². The van der Waals surface area contributed by atoms with E-state index >= 15 is 0 Å². The average molecular weight is 191 g/mol. The molecule has 2 heterocycles. The first kappa shape index (κ1) is 9.06. The van der Waals surface area contributed by atoms with Gasteiger partial charge in [0, 0.05) is 25.4 Å². The Bertz CT molecular complexity index is 351. The molecule has 1 aromatic rings. The maximum atomic E-state index is 11.6. The van der Waals surface area contributed by atoms with Gasteiger partial charge in [0.25, 0.3) is 0 Å². The third-order valence-electron chi connectivity index (χ3n) is 2.48. The summed E-state index contributed by atoms with van der Waals surface area (Å²) in [5.41, 5.74) is 1.10. The molecular formula is C11H13NO2. The van der Waals surface area contributed by atoms with Crippen molar-refractivity contribution in [3.63, 3.8) is 0 Å². The third-order valence-corrected chi connectivity index (χ3v) is 2.48. The molecule has 2 rings (SSSR count). The van der Waals surface area contributed by atoms with E-state index in [0.29, 0.717) is 5.76 Å². The number of likely N-dealkylation sites (tertiary alicyclic amines) is 1. The molecule has 0 spiro atoms. The lowest BCUT2D eigenvalue weighted by Gasteiger charge is -2.11. The summed E-state index contributed by atoms with van der Waals surface area (Å²) in [7, 11) is 2.01. The molecule has 1 fully saturated rings. The third kappa shape index (κ3) is 1.71. The summed E-state index contributed by atoms with van der Waals surface area (Å²) in [4.78, 5) is 13.7. The molecule has 0 unspecified atom stereocenters. The van der Waals surface area contributed by atoms with Gasteiger partial charge in [0.1, 0.15) is 0 Å². The van der Waals surface area contributed by atoms with Crippen LogP contribution >= 0.6 is 0 Å². The maximum absolute atomic E-state index is 11.6. The molecule has 1 aromatic heterocycles. The zero-order chi connectivity index (χ0) is 9.97. The molecule has 0 radical (unpaired) electrons. The first-order valence-corrected chi connectivity index (χ1v) is 4.77. The Morgan fingerprint density at radius 1 is 1.64 bits per heavy atom. The summed E-state index contributed by atoms with van der Waals surface area (Å²) in [6.45, 7) is 1.04. The molecule has 0 bridgehead atoms. The Morgan fingerprint density at radius 2 is 2.50 bits per heavy atom. The van der Waals surface area contributed by atoms with Crippen LogP contribution in [0.2, 0.25) is 0 Å². The van der Waals surface area contributed by atoms with Crippen molar-refractivity contribution in [1.29, 1.82) is 0 Å². The second-order valence-corrected chi connectivity index (χ2v) is 3.50. The number of rotatable bonds is 2. The first-order chi connectivity index (χ1) is 6.77. The van der Waals surface area contributed by atoms with Gasteiger partial charge in [-0.25, -0.2) is 0 Å². The minimum Gasteiger partial charge on any atom is -0.461 e. The number of carbonyl (C=O) groups is 1. The van der Waals surface area contributed by atoms with Crippen molar-refractivity contribution in [1.82, 2.24) is 4.90 Å². The van der Waals surface area contributed by atoms with Gasteiger partial charge in [-0.05, 0) is 25.0 Å². The Labute approximate surface area is 83.0 Å². The number of hydrogen-bond donors (Lipinski definition) is 0. The number of carbonyl (C=O) groups excluding carboxylic acids is 1. The van der Waals surface area contributed by atoms with E-state index in [0.717, 1.165) is 25.1 Å². The topological polar surface area (TPSA) is 33.5 Å². The highest BCUT2D eigenvalue weighted by Crippen LogP contribution is 2.19. The van der Waals surface area contributed by atoms with Crippen molar-refractivity contribution in [3.05, 3.63) is 35.9 Å². The van der Waals surface area contributed by atoms with Crippen LogP contribution < -0.4 is 0 Å². The molecule has 0 amide bonds. The SMILES string of the molecule is CN1CCC/C1=C\C(=O)c1ccco1. The highest BCUT2D eigenvalue weighted by Gasteiger charge is 2.15. The molecule has 3 nitrogen and oxygen atoms in total. The first-order valence-electron chi connectivity index (χ1n) is 4.77. The molecule has 0 atom stereocenters. The summed E-state index contributed by atoms with van der Waals surface area (Å²) >= 11 is 0. The highest BCUT2D eigenvalue weighted by molar-refractivity contribution is 6.02. The summed E-state index contributed by atoms with van der Waals surface area (Å²) < 4.78 is 5.03. The van der Waals surface area contributed by atoms with Crippen LogP contribution in [0.3, 0.4) is 0 Å². The predicted octanol–water partition coefficient (Wildman–Crippen LogP) is 2.07. The maximum Gasteiger partial charge on any atom is 0.222 e. The smallest absolute Gasteiger partial charge is 0.222 e. The van der Waals surface area contributed by atoms with Gasteiger partial charge in [-0.1, -0.05) is 0 Å². The van der Waals surface area contributed by atoms with Crippen molar-refractivity contribution in [3.8, 4) is 0 Å². The summed E-state index contributed by atoms with van der Waals surface area (Å²) in [5.74, 6) is 0.372. The molecule has 0 aromatic carbocycles. The lowest BCUT2D eigenvalue weighted by molar-refractivity contribution is 0.101. The lowest BCUT2D eigenvalue weighted by atomic mass is 10.2. The zero-order valence-corrected chi connectivity index (χ0v) is 8.19. The van der Waals surface area contributed by atoms with Crippen LogP contribution in [-0.2, 0) is 0 Å². The second-order valence-electron chi connectivity index (χ2n) is 3.50. The Morgan fingerprint density at radius 3 is 3.07 bits per heavy atom. The fourth-order valence-electron chi connectivity index (χ4n) is 1.66. The van der Waals surface area contributed by atoms with Gasteiger partial charge in [0.2, 0.25) is 5.78 Å². The molecule has 3 heteroatoms. The Balaban J connectivity index is 2.14. The minimum absolute atomic E-state index is 0.0428. The Hall–Kier alpha value is -1.51. The van der Waals surface area contributed by atoms with Crippen LogP contribution in [-0.4, -0.2) is 24.3 Å². The number of hydrogen-bond acceptors (Lipinski definition) is 3. The van der Waals surface area contributed by atoms with E-state index < -0.39 is 0 Å². The van der Waals surface area contributed by atoms with E-state index in [4.69, 9.17) is 4.42 Å². The highest BCUT2D eigenvalue weighted by atomic mass is 16.3. The van der Waals surface area contributed by atoms with Gasteiger partial charge in [-0.15, -0.1) is 0 Å². The van der Waals surface area contributed by atoms with Crippen molar-refractivity contribution in [2.75, 3.05) is 13.6 Å². The molecule has 0 saturated carbocycles. The summed E-state index contributed by atoms with van der Waals surface area (Å²) in [6.07, 6.45) is 5.31. The fraction of sp³-hybridized carbons (Fsp3) is 0.364. The zero-order valence-electron chi connectivity index (χ0n) is 8.19. The second kappa shape index (κ2) is 3.70. The number of nitrogens with zero attached hydrogens (tertiary/aromatic N) is 1. The van der Waals surface area contributed by atoms with Gasteiger partial charge < -0.3 is 9.32 Å². The lowest BCUT2D eigenvalue weighted by Crippen LogP contribution is -2.11. The van der Waals surface area contributed by atoms with E-state index in [9.17, 15) is 4.79 Å². The van der Waals surface area contributed by atoms with Crippen LogP contribution in [0.5, 0.6) is 0 Å². The quantitative estimate of drug-likeness (QED) is 0.530. The van der Waals surface area contributed by atoms with Crippen LogP contribution in [0, 0.1) is 0 Å². The number of furan rings is 1. The van der Waals surface area contributed by atoms with Crippen LogP contribution in [0.15, 0.2) is 34.6 Å². The molecule has 1 aliphatic rings. The fourth-order valence-corrected chi connectivity index (χ4v) is 1.66. The van der Waals surface area contributed by atoms with Crippen molar-refractivity contribution < 1.29 is 9.21 Å². The van der Waals surface area contributed by atoms with E-state index in [1.54, 1.807) is 18.2 Å². The van der Waals surface area contributed by atoms with E-state index in [1.807, 2.05) is 7.05 Å². The predicted molar refractivity (Wildman–Crippen MR) is 53.0 cm³/mol. The van der Waals surface area contributed by atoms with E-state index in [2.05, 4.69) is 4.90 Å². The summed E-state index contributed by atoms with van der Waals surface area (Å²) in [5, 5.41) is 0. The minimum atomic E-state index is -0.0428. The van der Waals surface area contributed by atoms with Crippen LogP contribution in [0.1, 0.15) is 23.4 Å². The molecule has 0 aliphatic carbocycles. The van der Waals surface area contributed by atoms with Crippen molar-refractivity contribution >= 4 is 5.78 Å². The van der Waals surface area contributed by atoms with Crippen LogP contribution in [0.4, 0.5) is 0 Å². The molecular weight excluding hydrogens is 178 g/mol. The average Bonchev–Trinajstić information content (AvgIpc) is 2.77.